The van der Waals surface area contributed by atoms with Crippen molar-refractivity contribution in [1.29, 1.82) is 0 Å². The van der Waals surface area contributed by atoms with E-state index < -0.39 is 0 Å². The number of halogens is 1. The van der Waals surface area contributed by atoms with Crippen LogP contribution in [0.3, 0.4) is 0 Å². The zero-order valence-corrected chi connectivity index (χ0v) is 18.1. The molecule has 5 heteroatoms. The molecule has 3 aromatic rings. The van der Waals surface area contributed by atoms with Crippen molar-refractivity contribution in [2.75, 3.05) is 18.4 Å². The zero-order chi connectivity index (χ0) is 20.9. The summed E-state index contributed by atoms with van der Waals surface area (Å²) in [6.45, 7) is 1.19. The number of likely N-dealkylation sites (tertiary alicyclic amines) is 1. The summed E-state index contributed by atoms with van der Waals surface area (Å²) in [5, 5.41) is 2.98. The minimum Gasteiger partial charge on any atom is -0.339 e. The number of nitrogens with one attached hydrogen (secondary N) is 1. The Hall–Kier alpha value is -2.92. The monoisotopic (exact) mass is 462 g/mol. The quantitative estimate of drug-likeness (QED) is 0.547. The van der Waals surface area contributed by atoms with Gasteiger partial charge >= 0.3 is 0 Å². The van der Waals surface area contributed by atoms with Gasteiger partial charge in [0.1, 0.15) is 0 Å². The van der Waals surface area contributed by atoms with Crippen molar-refractivity contribution < 1.29 is 9.59 Å². The Morgan fingerprint density at radius 3 is 2.17 bits per heavy atom. The van der Waals surface area contributed by atoms with Gasteiger partial charge in [-0.25, -0.2) is 0 Å². The summed E-state index contributed by atoms with van der Waals surface area (Å²) in [5.41, 5.74) is 3.70. The molecule has 2 amide bonds. The molecule has 0 aromatic heterocycles. The highest BCUT2D eigenvalue weighted by molar-refractivity contribution is 9.10. The summed E-state index contributed by atoms with van der Waals surface area (Å²) in [6.07, 6.45) is 1.35. The summed E-state index contributed by atoms with van der Waals surface area (Å²) in [5.74, 6) is -0.0265. The highest BCUT2D eigenvalue weighted by Gasteiger charge is 2.28. The number of anilines is 1. The minimum atomic E-state index is -0.0755. The number of amides is 2. The van der Waals surface area contributed by atoms with Gasteiger partial charge in [-0.2, -0.15) is 0 Å². The van der Waals surface area contributed by atoms with Crippen LogP contribution in [-0.2, 0) is 4.79 Å². The van der Waals surface area contributed by atoms with E-state index in [1.54, 1.807) is 0 Å². The van der Waals surface area contributed by atoms with E-state index in [0.29, 0.717) is 31.5 Å². The molecule has 0 unspecified atom stereocenters. The lowest BCUT2D eigenvalue weighted by molar-refractivity contribution is -0.121. The van der Waals surface area contributed by atoms with Crippen molar-refractivity contribution in [3.05, 3.63) is 88.9 Å². The third-order valence-electron chi connectivity index (χ3n) is 5.48. The van der Waals surface area contributed by atoms with E-state index in [-0.39, 0.29) is 17.7 Å². The molecule has 0 aliphatic carbocycles. The number of rotatable bonds is 4. The first-order valence-electron chi connectivity index (χ1n) is 10.1. The summed E-state index contributed by atoms with van der Waals surface area (Å²) in [7, 11) is 0. The van der Waals surface area contributed by atoms with E-state index >= 15 is 0 Å². The number of piperidine rings is 1. The Kier molecular flexibility index (Phi) is 6.29. The number of hydrogen-bond acceptors (Lipinski definition) is 2. The molecule has 1 heterocycles. The van der Waals surface area contributed by atoms with Crippen LogP contribution in [0, 0.1) is 5.92 Å². The Bertz CT molecular complexity index is 1030. The fraction of sp³-hybridized carbons (Fsp3) is 0.200. The molecule has 4 rings (SSSR count). The van der Waals surface area contributed by atoms with Gasteiger partial charge in [-0.15, -0.1) is 0 Å². The number of nitrogens with zero attached hydrogens (tertiary/aromatic N) is 1. The number of carbonyl (C=O) groups is 2. The molecule has 30 heavy (non-hydrogen) atoms. The first-order valence-corrected chi connectivity index (χ1v) is 10.9. The molecule has 0 atom stereocenters. The van der Waals surface area contributed by atoms with Crippen LogP contribution in [0.15, 0.2) is 83.3 Å². The molecule has 1 aliphatic rings. The maximum atomic E-state index is 12.9. The van der Waals surface area contributed by atoms with Gasteiger partial charge in [-0.05, 0) is 54.3 Å². The molecular weight excluding hydrogens is 440 g/mol. The van der Waals surface area contributed by atoms with Gasteiger partial charge in [0.05, 0.1) is 0 Å². The molecule has 1 saturated heterocycles. The van der Waals surface area contributed by atoms with Crippen molar-refractivity contribution in [1.82, 2.24) is 4.90 Å². The molecule has 0 bridgehead atoms. The van der Waals surface area contributed by atoms with Gasteiger partial charge in [0.15, 0.2) is 0 Å². The van der Waals surface area contributed by atoms with Crippen LogP contribution in [0.1, 0.15) is 23.2 Å². The molecular formula is C25H23BrN2O2. The molecule has 1 fully saturated rings. The van der Waals surface area contributed by atoms with E-state index in [0.717, 1.165) is 21.3 Å². The molecule has 1 aliphatic heterocycles. The van der Waals surface area contributed by atoms with Crippen molar-refractivity contribution in [3.63, 3.8) is 0 Å². The molecule has 4 nitrogen and oxygen atoms in total. The third kappa shape index (κ3) is 4.79. The van der Waals surface area contributed by atoms with Crippen LogP contribution in [-0.4, -0.2) is 29.8 Å². The van der Waals surface area contributed by atoms with Gasteiger partial charge in [-0.3, -0.25) is 9.59 Å². The topological polar surface area (TPSA) is 49.4 Å². The second kappa shape index (κ2) is 9.26. The first kappa shape index (κ1) is 20.4. The third-order valence-corrected chi connectivity index (χ3v) is 5.98. The highest BCUT2D eigenvalue weighted by Crippen LogP contribution is 2.24. The van der Waals surface area contributed by atoms with Crippen LogP contribution < -0.4 is 5.32 Å². The smallest absolute Gasteiger partial charge is 0.253 e. The Labute approximate surface area is 185 Å². The normalized spacial score (nSPS) is 14.4. The summed E-state index contributed by atoms with van der Waals surface area (Å²) in [4.78, 5) is 27.3. The number of hydrogen-bond donors (Lipinski definition) is 1. The zero-order valence-electron chi connectivity index (χ0n) is 16.6. The predicted octanol–water partition coefficient (Wildman–Crippen LogP) is 5.61. The fourth-order valence-corrected chi connectivity index (χ4v) is 4.17. The highest BCUT2D eigenvalue weighted by atomic mass is 79.9. The summed E-state index contributed by atoms with van der Waals surface area (Å²) >= 11 is 3.42. The maximum absolute atomic E-state index is 12.9. The van der Waals surface area contributed by atoms with E-state index in [1.807, 2.05) is 71.6 Å². The average Bonchev–Trinajstić information content (AvgIpc) is 2.79. The van der Waals surface area contributed by atoms with E-state index in [2.05, 4.69) is 33.4 Å². The van der Waals surface area contributed by atoms with Crippen LogP contribution >= 0.6 is 15.9 Å². The lowest BCUT2D eigenvalue weighted by Crippen LogP contribution is -2.41. The SMILES string of the molecule is O=C(Nc1cccc(Br)c1)C1CCN(C(=O)c2ccc(-c3ccccc3)cc2)CC1. The fourth-order valence-electron chi connectivity index (χ4n) is 3.77. The number of benzene rings is 3. The van der Waals surface area contributed by atoms with Crippen molar-refractivity contribution in [2.45, 2.75) is 12.8 Å². The lowest BCUT2D eigenvalue weighted by atomic mass is 9.95. The molecule has 0 spiro atoms. The molecule has 1 N–H and O–H groups in total. The standard InChI is InChI=1S/C25H23BrN2O2/c26-22-7-4-8-23(17-22)27-24(29)20-13-15-28(16-14-20)25(30)21-11-9-19(10-12-21)18-5-2-1-3-6-18/h1-12,17,20H,13-16H2,(H,27,29). The van der Waals surface area contributed by atoms with Crippen LogP contribution in [0.5, 0.6) is 0 Å². The predicted molar refractivity (Wildman–Crippen MR) is 123 cm³/mol. The van der Waals surface area contributed by atoms with E-state index in [4.69, 9.17) is 0 Å². The van der Waals surface area contributed by atoms with Crippen molar-refractivity contribution >= 4 is 33.4 Å². The second-order valence-corrected chi connectivity index (χ2v) is 8.43. The average molecular weight is 463 g/mol. The largest absolute Gasteiger partial charge is 0.339 e. The van der Waals surface area contributed by atoms with Crippen LogP contribution in [0.2, 0.25) is 0 Å². The number of carbonyl (C=O) groups excluding carboxylic acids is 2. The first-order chi connectivity index (χ1) is 14.6. The Morgan fingerprint density at radius 1 is 0.833 bits per heavy atom. The summed E-state index contributed by atoms with van der Waals surface area (Å²) < 4.78 is 0.930. The summed E-state index contributed by atoms with van der Waals surface area (Å²) in [6, 6.07) is 25.4. The molecule has 0 radical (unpaired) electrons. The van der Waals surface area contributed by atoms with Gasteiger partial charge < -0.3 is 10.2 Å². The Balaban J connectivity index is 1.33. The lowest BCUT2D eigenvalue weighted by Gasteiger charge is -2.31. The van der Waals surface area contributed by atoms with Gasteiger partial charge in [0, 0.05) is 34.7 Å². The van der Waals surface area contributed by atoms with Crippen molar-refractivity contribution in [2.24, 2.45) is 5.92 Å². The molecule has 3 aromatic carbocycles. The molecule has 152 valence electrons. The molecule has 0 saturated carbocycles. The van der Waals surface area contributed by atoms with Gasteiger partial charge in [0.2, 0.25) is 5.91 Å². The van der Waals surface area contributed by atoms with Crippen molar-refractivity contribution in [3.8, 4) is 11.1 Å². The maximum Gasteiger partial charge on any atom is 0.253 e. The van der Waals surface area contributed by atoms with Gasteiger partial charge in [-0.1, -0.05) is 64.5 Å². The van der Waals surface area contributed by atoms with Crippen LogP contribution in [0.4, 0.5) is 5.69 Å². The van der Waals surface area contributed by atoms with E-state index in [1.165, 1.54) is 0 Å². The van der Waals surface area contributed by atoms with E-state index in [9.17, 15) is 9.59 Å². The van der Waals surface area contributed by atoms with Crippen LogP contribution in [0.25, 0.3) is 11.1 Å². The second-order valence-electron chi connectivity index (χ2n) is 7.51. The Morgan fingerprint density at radius 2 is 1.50 bits per heavy atom. The minimum absolute atomic E-state index is 0.0208. The van der Waals surface area contributed by atoms with Gasteiger partial charge in [0.25, 0.3) is 5.91 Å².